The molecule has 2 fully saturated rings. The Morgan fingerprint density at radius 3 is 2.69 bits per heavy atom. The number of carbonyl (C=O) groups is 2. The van der Waals surface area contributed by atoms with Gasteiger partial charge in [-0.25, -0.2) is 9.59 Å². The minimum Gasteiger partial charge on any atom is -0.465 e. The lowest BCUT2D eigenvalue weighted by Crippen LogP contribution is -2.54. The van der Waals surface area contributed by atoms with Crippen LogP contribution in [0.15, 0.2) is 24.3 Å². The number of urea groups is 1. The summed E-state index contributed by atoms with van der Waals surface area (Å²) in [6.45, 7) is 3.77. The Labute approximate surface area is 220 Å². The lowest BCUT2D eigenvalue weighted by molar-refractivity contribution is -0.00856. The Balaban J connectivity index is 1.65. The van der Waals surface area contributed by atoms with Gasteiger partial charge in [-0.15, -0.1) is 0 Å². The summed E-state index contributed by atoms with van der Waals surface area (Å²) in [5.74, 6) is 0.709. The van der Waals surface area contributed by atoms with E-state index < -0.39 is 6.09 Å². The van der Waals surface area contributed by atoms with Crippen LogP contribution in [0.2, 0.25) is 5.02 Å². The van der Waals surface area contributed by atoms with Crippen LogP contribution in [0.3, 0.4) is 0 Å². The predicted octanol–water partition coefficient (Wildman–Crippen LogP) is 5.16. The third kappa shape index (κ3) is 8.82. The Morgan fingerprint density at radius 1 is 1.22 bits per heavy atom. The van der Waals surface area contributed by atoms with E-state index in [4.69, 9.17) is 27.2 Å². The van der Waals surface area contributed by atoms with E-state index in [1.54, 1.807) is 0 Å². The van der Waals surface area contributed by atoms with Crippen LogP contribution in [-0.2, 0) is 4.74 Å². The standard InChI is InChI=1S/C27H43ClN4O4/c1-2-23(29)24(16-19-8-4-3-5-9-19)31-26(33)32-14-7-11-21(18-32)25(36-15-13-30-27(34)35)20-10-6-12-22(28)17-20/h6,10,12,17,19,21,23-25,30H,2-5,7-9,11,13-16,18,29H2,1H3,(H,31,33)(H,34,35)/t21-,23?,24?,25+/m1/s1. The summed E-state index contributed by atoms with van der Waals surface area (Å²) in [6.07, 6.45) is 8.50. The molecule has 8 nitrogen and oxygen atoms in total. The number of amides is 3. The molecule has 1 aliphatic carbocycles. The largest absolute Gasteiger partial charge is 0.465 e. The molecular weight excluding hydrogens is 480 g/mol. The van der Waals surface area contributed by atoms with Gasteiger partial charge in [-0.3, -0.25) is 0 Å². The number of hydrogen-bond acceptors (Lipinski definition) is 4. The van der Waals surface area contributed by atoms with E-state index in [1.165, 1.54) is 32.1 Å². The highest BCUT2D eigenvalue weighted by molar-refractivity contribution is 6.30. The number of piperidine rings is 1. The van der Waals surface area contributed by atoms with E-state index in [1.807, 2.05) is 29.2 Å². The summed E-state index contributed by atoms with van der Waals surface area (Å²) in [7, 11) is 0. The zero-order valence-corrected chi connectivity index (χ0v) is 22.2. The van der Waals surface area contributed by atoms with E-state index in [2.05, 4.69) is 17.6 Å². The summed E-state index contributed by atoms with van der Waals surface area (Å²) in [5, 5.41) is 15.1. The first kappa shape index (κ1) is 28.5. The number of rotatable bonds is 11. The maximum atomic E-state index is 13.4. The van der Waals surface area contributed by atoms with Gasteiger partial charge in [-0.2, -0.15) is 0 Å². The molecule has 202 valence electrons. The van der Waals surface area contributed by atoms with Crippen LogP contribution < -0.4 is 16.4 Å². The van der Waals surface area contributed by atoms with Crippen molar-refractivity contribution in [2.45, 2.75) is 82.9 Å². The molecule has 2 aliphatic rings. The maximum absolute atomic E-state index is 13.4. The fourth-order valence-corrected chi connectivity index (χ4v) is 5.83. The highest BCUT2D eigenvalue weighted by Gasteiger charge is 2.33. The molecular formula is C27H43ClN4O4. The molecule has 3 rings (SSSR count). The van der Waals surface area contributed by atoms with Gasteiger partial charge in [0.15, 0.2) is 0 Å². The number of carbonyl (C=O) groups excluding carboxylic acids is 1. The summed E-state index contributed by atoms with van der Waals surface area (Å²) >= 11 is 6.26. The highest BCUT2D eigenvalue weighted by atomic mass is 35.5. The van der Waals surface area contributed by atoms with Crippen molar-refractivity contribution in [1.29, 1.82) is 0 Å². The highest BCUT2D eigenvalue weighted by Crippen LogP contribution is 2.34. The predicted molar refractivity (Wildman–Crippen MR) is 142 cm³/mol. The topological polar surface area (TPSA) is 117 Å². The Bertz CT molecular complexity index is 836. The van der Waals surface area contributed by atoms with Gasteiger partial charge in [0.05, 0.1) is 12.7 Å². The number of carboxylic acid groups (broad SMARTS) is 1. The monoisotopic (exact) mass is 522 g/mol. The quantitative estimate of drug-likeness (QED) is 0.299. The number of hydrogen-bond donors (Lipinski definition) is 4. The number of halogens is 1. The summed E-state index contributed by atoms with van der Waals surface area (Å²) in [5.41, 5.74) is 7.39. The molecule has 1 aliphatic heterocycles. The van der Waals surface area contributed by atoms with Gasteiger partial charge < -0.3 is 31.1 Å². The molecule has 36 heavy (non-hydrogen) atoms. The van der Waals surface area contributed by atoms with Crippen molar-refractivity contribution in [2.24, 2.45) is 17.6 Å². The van der Waals surface area contributed by atoms with E-state index in [-0.39, 0.29) is 43.3 Å². The molecule has 1 saturated carbocycles. The first-order valence-corrected chi connectivity index (χ1v) is 13.9. The molecule has 0 spiro atoms. The smallest absolute Gasteiger partial charge is 0.404 e. The third-order valence-electron chi connectivity index (χ3n) is 7.64. The van der Waals surface area contributed by atoms with Crippen molar-refractivity contribution >= 4 is 23.7 Å². The molecule has 1 aromatic rings. The number of nitrogens with two attached hydrogens (primary N) is 1. The second kappa shape index (κ2) is 14.6. The fraction of sp³-hybridized carbons (Fsp3) is 0.704. The number of benzene rings is 1. The van der Waals surface area contributed by atoms with Gasteiger partial charge in [0, 0.05) is 42.7 Å². The average molecular weight is 523 g/mol. The maximum Gasteiger partial charge on any atom is 0.404 e. The van der Waals surface area contributed by atoms with Crippen LogP contribution in [0.1, 0.15) is 76.4 Å². The molecule has 4 atom stereocenters. The Morgan fingerprint density at radius 2 is 2.00 bits per heavy atom. The van der Waals surface area contributed by atoms with E-state index in [9.17, 15) is 9.59 Å². The molecule has 1 heterocycles. The van der Waals surface area contributed by atoms with Crippen molar-refractivity contribution < 1.29 is 19.4 Å². The van der Waals surface area contributed by atoms with Crippen LogP contribution in [-0.4, -0.2) is 60.5 Å². The lowest BCUT2D eigenvalue weighted by atomic mass is 9.83. The number of nitrogens with one attached hydrogen (secondary N) is 2. The fourth-order valence-electron chi connectivity index (χ4n) is 5.63. The summed E-state index contributed by atoms with van der Waals surface area (Å²) in [4.78, 5) is 26.1. The molecule has 0 aromatic heterocycles. The summed E-state index contributed by atoms with van der Waals surface area (Å²) in [6, 6.07) is 7.43. The summed E-state index contributed by atoms with van der Waals surface area (Å²) < 4.78 is 6.18. The van der Waals surface area contributed by atoms with Crippen LogP contribution >= 0.6 is 11.6 Å². The molecule has 3 amide bonds. The van der Waals surface area contributed by atoms with E-state index in [0.717, 1.165) is 31.2 Å². The second-order valence-electron chi connectivity index (χ2n) is 10.3. The molecule has 9 heteroatoms. The first-order valence-electron chi connectivity index (χ1n) is 13.5. The number of likely N-dealkylation sites (tertiary alicyclic amines) is 1. The minimum absolute atomic E-state index is 0.0203. The number of ether oxygens (including phenoxy) is 1. The number of nitrogens with zero attached hydrogens (tertiary/aromatic N) is 1. The van der Waals surface area contributed by atoms with E-state index in [0.29, 0.717) is 24.0 Å². The van der Waals surface area contributed by atoms with Crippen molar-refractivity contribution in [3.05, 3.63) is 34.9 Å². The molecule has 0 radical (unpaired) electrons. The van der Waals surface area contributed by atoms with Crippen molar-refractivity contribution in [1.82, 2.24) is 15.5 Å². The van der Waals surface area contributed by atoms with Crippen LogP contribution in [0.25, 0.3) is 0 Å². The van der Waals surface area contributed by atoms with Crippen LogP contribution in [0, 0.1) is 11.8 Å². The van der Waals surface area contributed by atoms with Gasteiger partial charge in [-0.05, 0) is 49.3 Å². The Hall–Kier alpha value is -2.03. The molecule has 5 N–H and O–H groups in total. The minimum atomic E-state index is -1.08. The van der Waals surface area contributed by atoms with Crippen molar-refractivity contribution in [3.63, 3.8) is 0 Å². The molecule has 2 unspecified atom stereocenters. The van der Waals surface area contributed by atoms with Gasteiger partial charge in [-0.1, -0.05) is 62.8 Å². The second-order valence-corrected chi connectivity index (χ2v) is 10.7. The zero-order valence-electron chi connectivity index (χ0n) is 21.5. The van der Waals surface area contributed by atoms with E-state index >= 15 is 0 Å². The Kier molecular flexibility index (Phi) is 11.6. The van der Waals surface area contributed by atoms with Gasteiger partial charge in [0.1, 0.15) is 0 Å². The van der Waals surface area contributed by atoms with Crippen LogP contribution in [0.4, 0.5) is 9.59 Å². The molecule has 1 saturated heterocycles. The molecule has 0 bridgehead atoms. The van der Waals surface area contributed by atoms with Gasteiger partial charge >= 0.3 is 12.1 Å². The zero-order chi connectivity index (χ0) is 25.9. The van der Waals surface area contributed by atoms with Gasteiger partial charge in [0.2, 0.25) is 0 Å². The average Bonchev–Trinajstić information content (AvgIpc) is 2.88. The van der Waals surface area contributed by atoms with Crippen molar-refractivity contribution in [2.75, 3.05) is 26.2 Å². The third-order valence-corrected chi connectivity index (χ3v) is 7.87. The normalized spacial score (nSPS) is 21.4. The lowest BCUT2D eigenvalue weighted by Gasteiger charge is -2.38. The van der Waals surface area contributed by atoms with Gasteiger partial charge in [0.25, 0.3) is 0 Å². The van der Waals surface area contributed by atoms with Crippen molar-refractivity contribution in [3.8, 4) is 0 Å². The molecule has 1 aromatic carbocycles. The van der Waals surface area contributed by atoms with Crippen LogP contribution in [0.5, 0.6) is 0 Å². The SMILES string of the molecule is CCC(N)C(CC1CCCCC1)NC(=O)N1CCC[C@@H]([C@@H](OCCNC(=O)O)c2cccc(Cl)c2)C1. The first-order chi connectivity index (χ1) is 17.4.